The minimum atomic E-state index is -4.80. The summed E-state index contributed by atoms with van der Waals surface area (Å²) in [6, 6.07) is 0. The van der Waals surface area contributed by atoms with E-state index in [-0.39, 0.29) is 19.4 Å². The lowest BCUT2D eigenvalue weighted by Crippen LogP contribution is -2.29. The smallest absolute Gasteiger partial charge is 0.462 e. The van der Waals surface area contributed by atoms with E-state index >= 15 is 0 Å². The third-order valence-electron chi connectivity index (χ3n) is 8.58. The Morgan fingerprint density at radius 1 is 0.571 bits per heavy atom. The molecule has 0 aliphatic heterocycles. The van der Waals surface area contributed by atoms with E-state index < -0.39 is 44.7 Å². The molecule has 4 N–H and O–H groups in total. The number of aliphatic hydroxyl groups excluding tert-OH is 2. The predicted octanol–water partition coefficient (Wildman–Crippen LogP) is 10.8. The topological polar surface area (TPSA) is 160 Å². The number of hydrogen-bond donors (Lipinski definition) is 4. The van der Waals surface area contributed by atoms with Crippen LogP contribution in [0.1, 0.15) is 155 Å². The molecule has 11 heteroatoms. The average molecular weight is 807 g/mol. The van der Waals surface area contributed by atoms with Crippen LogP contribution in [0.15, 0.2) is 85.1 Å². The second kappa shape index (κ2) is 39.0. The van der Waals surface area contributed by atoms with Gasteiger partial charge in [0, 0.05) is 12.8 Å². The van der Waals surface area contributed by atoms with Gasteiger partial charge in [-0.2, -0.15) is 0 Å². The molecule has 0 aliphatic rings. The predicted molar refractivity (Wildman–Crippen MR) is 228 cm³/mol. The highest BCUT2D eigenvalue weighted by Crippen LogP contribution is 2.36. The van der Waals surface area contributed by atoms with E-state index in [1.165, 1.54) is 64.2 Å². The minimum Gasteiger partial charge on any atom is -0.462 e. The fourth-order valence-electron chi connectivity index (χ4n) is 5.39. The second-order valence-corrected chi connectivity index (χ2v) is 15.2. The molecule has 0 heterocycles. The number of phosphoric acid groups is 1. The summed E-state index contributed by atoms with van der Waals surface area (Å²) in [5.41, 5.74) is 0. The van der Waals surface area contributed by atoms with Gasteiger partial charge in [-0.05, 0) is 64.2 Å². The van der Waals surface area contributed by atoms with Crippen molar-refractivity contribution in [1.29, 1.82) is 0 Å². The Balaban J connectivity index is 4.18. The number of carbonyl (C=O) groups excluding carboxylic acids is 2. The van der Waals surface area contributed by atoms with Crippen LogP contribution in [0.2, 0.25) is 0 Å². The van der Waals surface area contributed by atoms with Crippen LogP contribution >= 0.6 is 7.82 Å². The van der Waals surface area contributed by atoms with Gasteiger partial charge >= 0.3 is 19.8 Å². The summed E-state index contributed by atoms with van der Waals surface area (Å²) in [6.07, 6.45) is 45.2. The Hall–Kier alpha value is -2.85. The van der Waals surface area contributed by atoms with Crippen molar-refractivity contribution in [3.05, 3.63) is 85.1 Å². The lowest BCUT2D eigenvalue weighted by molar-refractivity contribution is -0.161. The summed E-state index contributed by atoms with van der Waals surface area (Å²) >= 11 is 0. The third-order valence-corrected chi connectivity index (χ3v) is 9.06. The van der Waals surface area contributed by atoms with E-state index in [9.17, 15) is 24.4 Å². The first kappa shape index (κ1) is 53.1. The zero-order valence-corrected chi connectivity index (χ0v) is 35.4. The largest absolute Gasteiger partial charge is 0.469 e. The molecule has 0 aliphatic carbocycles. The third kappa shape index (κ3) is 40.8. The highest BCUT2D eigenvalue weighted by atomic mass is 31.2. The summed E-state index contributed by atoms with van der Waals surface area (Å²) in [5.74, 6) is -1.06. The molecule has 0 aromatic rings. The fourth-order valence-corrected chi connectivity index (χ4v) is 5.75. The van der Waals surface area contributed by atoms with Crippen LogP contribution in [0, 0.1) is 0 Å². The number of esters is 2. The zero-order valence-electron chi connectivity index (χ0n) is 34.5. The Labute approximate surface area is 338 Å². The van der Waals surface area contributed by atoms with Crippen molar-refractivity contribution in [3.8, 4) is 0 Å². The van der Waals surface area contributed by atoms with Crippen LogP contribution < -0.4 is 0 Å². The summed E-state index contributed by atoms with van der Waals surface area (Å²) in [4.78, 5) is 42.8. The van der Waals surface area contributed by atoms with E-state index in [1.807, 2.05) is 43.4 Å². The molecular weight excluding hydrogens is 731 g/mol. The minimum absolute atomic E-state index is 0.0806. The normalized spacial score (nSPS) is 14.5. The molecule has 0 unspecified atom stereocenters. The number of hydrogen-bond acceptors (Lipinski definition) is 8. The summed E-state index contributed by atoms with van der Waals surface area (Å²) in [5, 5.41) is 19.9. The average Bonchev–Trinajstić information content (AvgIpc) is 3.16. The highest BCUT2D eigenvalue weighted by Gasteiger charge is 2.22. The molecule has 0 saturated heterocycles. The van der Waals surface area contributed by atoms with E-state index in [1.54, 1.807) is 36.5 Å². The standard InChI is InChI=1S/C45H75O10P/c1-3-5-7-8-9-10-11-12-13-14-15-16-17-18-19-24-32-38-45(49)55-43(40-54-56(50,51)52)39-53-44(48)37-31-23-21-20-22-28-34-42(47)36-30-26-25-29-35-41(46)33-27-6-4-2/h6,12-13,21-23,25-30,35-36,41-43,46-47H,3-5,7-11,14-20,24,31-34,37-40H2,1-2H3,(H2,50,51,52)/b13-12-,23-21-,26-25-,27-6-,28-22-,35-29+,36-30+/t41-,42+,43-/m1/s1. The Morgan fingerprint density at radius 2 is 1.09 bits per heavy atom. The van der Waals surface area contributed by atoms with Gasteiger partial charge in [0.25, 0.3) is 0 Å². The van der Waals surface area contributed by atoms with E-state index in [4.69, 9.17) is 19.3 Å². The van der Waals surface area contributed by atoms with Crippen molar-refractivity contribution < 1.29 is 48.2 Å². The first-order valence-corrected chi connectivity index (χ1v) is 22.6. The zero-order chi connectivity index (χ0) is 41.4. The Morgan fingerprint density at radius 3 is 1.66 bits per heavy atom. The second-order valence-electron chi connectivity index (χ2n) is 14.0. The van der Waals surface area contributed by atoms with Gasteiger partial charge in [0.1, 0.15) is 6.61 Å². The fraction of sp³-hybridized carbons (Fsp3) is 0.644. The van der Waals surface area contributed by atoms with Gasteiger partial charge in [0.05, 0.1) is 18.8 Å². The van der Waals surface area contributed by atoms with Crippen LogP contribution in [0.4, 0.5) is 0 Å². The van der Waals surface area contributed by atoms with Crippen molar-refractivity contribution >= 4 is 19.8 Å². The first-order chi connectivity index (χ1) is 27.1. The van der Waals surface area contributed by atoms with Gasteiger partial charge in [-0.3, -0.25) is 14.1 Å². The molecule has 0 aromatic carbocycles. The molecule has 0 radical (unpaired) electrons. The molecule has 320 valence electrons. The van der Waals surface area contributed by atoms with Crippen molar-refractivity contribution in [1.82, 2.24) is 0 Å². The van der Waals surface area contributed by atoms with Gasteiger partial charge in [-0.25, -0.2) is 4.57 Å². The maximum absolute atomic E-state index is 12.4. The Bertz CT molecular complexity index is 1210. The molecule has 3 atom stereocenters. The highest BCUT2D eigenvalue weighted by molar-refractivity contribution is 7.46. The summed E-state index contributed by atoms with van der Waals surface area (Å²) in [6.45, 7) is 3.33. The van der Waals surface area contributed by atoms with Gasteiger partial charge in [0.2, 0.25) is 0 Å². The lowest BCUT2D eigenvalue weighted by atomic mass is 10.1. The molecular formula is C45H75O10P. The van der Waals surface area contributed by atoms with Crippen LogP contribution in [0.5, 0.6) is 0 Å². The molecule has 0 rings (SSSR count). The molecule has 0 spiro atoms. The first-order valence-electron chi connectivity index (χ1n) is 21.1. The quantitative estimate of drug-likeness (QED) is 0.0156. The maximum atomic E-state index is 12.4. The van der Waals surface area contributed by atoms with Crippen LogP contribution in [-0.4, -0.2) is 63.5 Å². The molecule has 0 fully saturated rings. The lowest BCUT2D eigenvalue weighted by Gasteiger charge is -2.18. The van der Waals surface area contributed by atoms with Gasteiger partial charge in [-0.15, -0.1) is 0 Å². The van der Waals surface area contributed by atoms with Crippen LogP contribution in [0.25, 0.3) is 0 Å². The van der Waals surface area contributed by atoms with Gasteiger partial charge in [0.15, 0.2) is 6.10 Å². The van der Waals surface area contributed by atoms with Crippen LogP contribution in [0.3, 0.4) is 0 Å². The number of unbranched alkanes of at least 4 members (excludes halogenated alkanes) is 13. The van der Waals surface area contributed by atoms with E-state index in [0.717, 1.165) is 32.1 Å². The molecule has 0 amide bonds. The molecule has 56 heavy (non-hydrogen) atoms. The molecule has 0 saturated carbocycles. The molecule has 10 nitrogen and oxygen atoms in total. The van der Waals surface area contributed by atoms with Gasteiger partial charge < -0.3 is 29.5 Å². The van der Waals surface area contributed by atoms with Crippen molar-refractivity contribution in [2.45, 2.75) is 173 Å². The number of ether oxygens (including phenoxy) is 2. The van der Waals surface area contributed by atoms with Crippen molar-refractivity contribution in [3.63, 3.8) is 0 Å². The SMILES string of the molecule is CC/C=C\C[C@@H](O)/C=C/C=C\C=C\[C@@H](O)C/C=C\C/C=C\CCC(=O)OC[C@H](COP(=O)(O)O)OC(=O)CCCCCCCCC/C=C\CCCCCCCC. The number of rotatable bonds is 37. The van der Waals surface area contributed by atoms with Crippen LogP contribution in [-0.2, 0) is 28.2 Å². The monoisotopic (exact) mass is 807 g/mol. The van der Waals surface area contributed by atoms with Crippen molar-refractivity contribution in [2.75, 3.05) is 13.2 Å². The maximum Gasteiger partial charge on any atom is 0.469 e. The number of aliphatic hydroxyl groups is 2. The number of phosphoric ester groups is 1. The molecule has 0 bridgehead atoms. The summed E-state index contributed by atoms with van der Waals surface area (Å²) < 4.78 is 26.3. The number of carbonyl (C=O) groups is 2. The van der Waals surface area contributed by atoms with E-state index in [2.05, 4.69) is 23.6 Å². The summed E-state index contributed by atoms with van der Waals surface area (Å²) in [7, 11) is -4.80. The van der Waals surface area contributed by atoms with Crippen molar-refractivity contribution in [2.24, 2.45) is 0 Å². The molecule has 0 aromatic heterocycles. The van der Waals surface area contributed by atoms with E-state index in [0.29, 0.717) is 32.1 Å². The Kier molecular flexibility index (Phi) is 37.0. The number of allylic oxidation sites excluding steroid dienone is 10. The van der Waals surface area contributed by atoms with Gasteiger partial charge in [-0.1, -0.05) is 163 Å².